The van der Waals surface area contributed by atoms with Gasteiger partial charge in [-0.15, -0.1) is 0 Å². The Balaban J connectivity index is 3.16. The summed E-state index contributed by atoms with van der Waals surface area (Å²) < 4.78 is 47.2. The summed E-state index contributed by atoms with van der Waals surface area (Å²) in [4.78, 5) is 11.4. The molecule has 0 heterocycles. The van der Waals surface area contributed by atoms with Crippen LogP contribution in [-0.4, -0.2) is 19.7 Å². The highest BCUT2D eigenvalue weighted by Gasteiger charge is 2.32. The minimum Gasteiger partial charge on any atom is -0.493 e. The molecule has 1 aromatic rings. The molecule has 0 saturated heterocycles. The highest BCUT2D eigenvalue weighted by Crippen LogP contribution is 2.33. The van der Waals surface area contributed by atoms with Gasteiger partial charge in [0.15, 0.2) is 0 Å². The Labute approximate surface area is 103 Å². The molecule has 0 unspecified atom stereocenters. The molecular weight excluding hydrogens is 249 g/mol. The summed E-state index contributed by atoms with van der Waals surface area (Å²) in [5.74, 6) is -0.839. The largest absolute Gasteiger partial charge is 0.493 e. The summed E-state index contributed by atoms with van der Waals surface area (Å²) in [6, 6.07) is 2.69. The molecule has 0 aliphatic carbocycles. The highest BCUT2D eigenvalue weighted by molar-refractivity contribution is 5.92. The average molecular weight is 262 g/mol. The van der Waals surface area contributed by atoms with Gasteiger partial charge in [0.2, 0.25) is 0 Å². The van der Waals surface area contributed by atoms with Crippen LogP contribution in [0.2, 0.25) is 0 Å². The third kappa shape index (κ3) is 3.38. The lowest BCUT2D eigenvalue weighted by Gasteiger charge is -2.13. The van der Waals surface area contributed by atoms with Crippen LogP contribution in [0.5, 0.6) is 5.75 Å². The van der Waals surface area contributed by atoms with E-state index in [4.69, 9.17) is 4.74 Å². The maximum atomic E-state index is 12.5. The van der Waals surface area contributed by atoms with Crippen molar-refractivity contribution >= 4 is 5.97 Å². The minimum absolute atomic E-state index is 0.0149. The van der Waals surface area contributed by atoms with Crippen LogP contribution in [0.3, 0.4) is 0 Å². The molecule has 0 fully saturated rings. The summed E-state index contributed by atoms with van der Waals surface area (Å²) in [6.45, 7) is 2.04. The molecule has 0 spiro atoms. The van der Waals surface area contributed by atoms with Gasteiger partial charge in [-0.1, -0.05) is 6.92 Å². The summed E-state index contributed by atoms with van der Waals surface area (Å²) in [5, 5.41) is 0. The first-order valence-electron chi connectivity index (χ1n) is 5.32. The molecule has 1 rings (SSSR count). The van der Waals surface area contributed by atoms with E-state index in [-0.39, 0.29) is 17.9 Å². The van der Waals surface area contributed by atoms with Crippen molar-refractivity contribution in [2.75, 3.05) is 13.7 Å². The zero-order chi connectivity index (χ0) is 13.8. The van der Waals surface area contributed by atoms with E-state index in [1.54, 1.807) is 0 Å². The lowest BCUT2D eigenvalue weighted by atomic mass is 10.1. The van der Waals surface area contributed by atoms with Crippen LogP contribution in [0.15, 0.2) is 18.2 Å². The zero-order valence-electron chi connectivity index (χ0n) is 10.0. The van der Waals surface area contributed by atoms with Gasteiger partial charge in [-0.25, -0.2) is 4.79 Å². The van der Waals surface area contributed by atoms with Gasteiger partial charge in [-0.3, -0.25) is 0 Å². The van der Waals surface area contributed by atoms with Crippen LogP contribution in [0.4, 0.5) is 13.2 Å². The van der Waals surface area contributed by atoms with E-state index in [1.807, 2.05) is 6.92 Å². The van der Waals surface area contributed by atoms with Gasteiger partial charge in [0.25, 0.3) is 0 Å². The fourth-order valence-corrected chi connectivity index (χ4v) is 1.31. The molecule has 0 atom stereocenters. The Bertz CT molecular complexity index is 427. The van der Waals surface area contributed by atoms with E-state index in [0.717, 1.165) is 25.3 Å². The number of hydrogen-bond acceptors (Lipinski definition) is 3. The van der Waals surface area contributed by atoms with Crippen LogP contribution in [-0.2, 0) is 10.9 Å². The Morgan fingerprint density at radius 3 is 2.50 bits per heavy atom. The third-order valence-electron chi connectivity index (χ3n) is 2.18. The molecule has 0 amide bonds. The number of hydrogen-bond donors (Lipinski definition) is 0. The molecule has 0 aromatic heterocycles. The summed E-state index contributed by atoms with van der Waals surface area (Å²) in [5.41, 5.74) is -0.875. The molecule has 0 N–H and O–H groups in total. The Morgan fingerprint density at radius 1 is 1.33 bits per heavy atom. The number of esters is 1. The number of carbonyl (C=O) groups excluding carboxylic acids is 1. The second-order valence-corrected chi connectivity index (χ2v) is 3.55. The molecule has 6 heteroatoms. The molecule has 0 radical (unpaired) electrons. The number of ether oxygens (including phenoxy) is 2. The maximum absolute atomic E-state index is 12.5. The number of methoxy groups -OCH3 is 1. The molecule has 0 aliphatic rings. The van der Waals surface area contributed by atoms with Crippen molar-refractivity contribution in [2.24, 2.45) is 0 Å². The summed E-state index contributed by atoms with van der Waals surface area (Å²) in [7, 11) is 1.16. The van der Waals surface area contributed by atoms with Gasteiger partial charge in [0.1, 0.15) is 11.3 Å². The summed E-state index contributed by atoms with van der Waals surface area (Å²) >= 11 is 0. The van der Waals surface area contributed by atoms with Gasteiger partial charge in [-0.05, 0) is 24.6 Å². The standard InChI is InChI=1S/C12H13F3O3/c1-3-6-18-10-7-8(12(13,14)15)4-5-9(10)11(16)17-2/h4-5,7H,3,6H2,1-2H3. The molecule has 18 heavy (non-hydrogen) atoms. The molecule has 0 aliphatic heterocycles. The number of rotatable bonds is 4. The second kappa shape index (κ2) is 5.75. The van der Waals surface area contributed by atoms with Crippen molar-refractivity contribution < 1.29 is 27.4 Å². The van der Waals surface area contributed by atoms with Crippen molar-refractivity contribution in [3.63, 3.8) is 0 Å². The average Bonchev–Trinajstić information content (AvgIpc) is 2.34. The van der Waals surface area contributed by atoms with Crippen molar-refractivity contribution in [1.29, 1.82) is 0 Å². The highest BCUT2D eigenvalue weighted by atomic mass is 19.4. The lowest BCUT2D eigenvalue weighted by molar-refractivity contribution is -0.137. The van der Waals surface area contributed by atoms with E-state index in [1.165, 1.54) is 0 Å². The first-order valence-corrected chi connectivity index (χ1v) is 5.32. The van der Waals surface area contributed by atoms with Crippen molar-refractivity contribution in [2.45, 2.75) is 19.5 Å². The molecule has 0 saturated carbocycles. The monoisotopic (exact) mass is 262 g/mol. The molecule has 0 bridgehead atoms. The topological polar surface area (TPSA) is 35.5 Å². The third-order valence-corrected chi connectivity index (χ3v) is 2.18. The molecule has 1 aromatic carbocycles. The van der Waals surface area contributed by atoms with E-state index in [2.05, 4.69) is 4.74 Å². The normalized spacial score (nSPS) is 11.2. The molecule has 100 valence electrons. The number of benzene rings is 1. The lowest BCUT2D eigenvalue weighted by Crippen LogP contribution is -2.10. The van der Waals surface area contributed by atoms with Crippen LogP contribution >= 0.6 is 0 Å². The van der Waals surface area contributed by atoms with Gasteiger partial charge >= 0.3 is 12.1 Å². The van der Waals surface area contributed by atoms with Crippen LogP contribution in [0.25, 0.3) is 0 Å². The number of halogens is 3. The van der Waals surface area contributed by atoms with Gasteiger partial charge in [-0.2, -0.15) is 13.2 Å². The fraction of sp³-hybridized carbons (Fsp3) is 0.417. The van der Waals surface area contributed by atoms with Gasteiger partial charge in [0, 0.05) is 0 Å². The second-order valence-electron chi connectivity index (χ2n) is 3.55. The Hall–Kier alpha value is -1.72. The van der Waals surface area contributed by atoms with E-state index in [9.17, 15) is 18.0 Å². The quantitative estimate of drug-likeness (QED) is 0.781. The number of alkyl halides is 3. The number of carbonyl (C=O) groups is 1. The predicted octanol–water partition coefficient (Wildman–Crippen LogP) is 3.28. The van der Waals surface area contributed by atoms with Crippen LogP contribution in [0, 0.1) is 0 Å². The first-order chi connectivity index (χ1) is 8.40. The minimum atomic E-state index is -4.47. The maximum Gasteiger partial charge on any atom is 0.416 e. The van der Waals surface area contributed by atoms with Crippen LogP contribution in [0.1, 0.15) is 29.3 Å². The molecule has 3 nitrogen and oxygen atoms in total. The first kappa shape index (κ1) is 14.3. The van der Waals surface area contributed by atoms with Crippen molar-refractivity contribution in [3.05, 3.63) is 29.3 Å². The van der Waals surface area contributed by atoms with E-state index >= 15 is 0 Å². The summed E-state index contributed by atoms with van der Waals surface area (Å²) in [6.07, 6.45) is -3.85. The van der Waals surface area contributed by atoms with Crippen molar-refractivity contribution in [3.8, 4) is 5.75 Å². The zero-order valence-corrected chi connectivity index (χ0v) is 10.0. The predicted molar refractivity (Wildman–Crippen MR) is 58.6 cm³/mol. The van der Waals surface area contributed by atoms with Gasteiger partial charge < -0.3 is 9.47 Å². The SMILES string of the molecule is CCCOc1cc(C(F)(F)F)ccc1C(=O)OC. The Morgan fingerprint density at radius 2 is 2.00 bits per heavy atom. The Kier molecular flexibility index (Phi) is 4.58. The molecular formula is C12H13F3O3. The van der Waals surface area contributed by atoms with E-state index in [0.29, 0.717) is 6.42 Å². The van der Waals surface area contributed by atoms with Gasteiger partial charge in [0.05, 0.1) is 19.3 Å². The fourth-order valence-electron chi connectivity index (χ4n) is 1.31. The smallest absolute Gasteiger partial charge is 0.416 e. The van der Waals surface area contributed by atoms with Crippen molar-refractivity contribution in [1.82, 2.24) is 0 Å². The van der Waals surface area contributed by atoms with Crippen LogP contribution < -0.4 is 4.74 Å². The van der Waals surface area contributed by atoms with E-state index < -0.39 is 17.7 Å².